The van der Waals surface area contributed by atoms with Gasteiger partial charge in [0.1, 0.15) is 5.41 Å². The Bertz CT molecular complexity index is 685. The summed E-state index contributed by atoms with van der Waals surface area (Å²) in [5.41, 5.74) is 1.15. The molecule has 0 atom stereocenters. The molecule has 0 radical (unpaired) electrons. The van der Waals surface area contributed by atoms with Gasteiger partial charge in [0, 0.05) is 50.6 Å². The van der Waals surface area contributed by atoms with E-state index < -0.39 is 5.41 Å². The smallest absolute Gasteiger partial charge is 0.240 e. The quantitative estimate of drug-likeness (QED) is 0.826. The van der Waals surface area contributed by atoms with Gasteiger partial charge in [-0.2, -0.15) is 0 Å². The molecular formula is C21H30N4O2. The lowest BCUT2D eigenvalue weighted by Gasteiger charge is -2.34. The third-order valence-electron chi connectivity index (χ3n) is 6.23. The second kappa shape index (κ2) is 7.50. The molecule has 0 aromatic heterocycles. The zero-order valence-electron chi connectivity index (χ0n) is 16.2. The maximum atomic E-state index is 12.9. The van der Waals surface area contributed by atoms with Crippen LogP contribution in [-0.4, -0.2) is 67.9 Å². The fourth-order valence-corrected chi connectivity index (χ4v) is 4.13. The fraction of sp³-hybridized carbons (Fsp3) is 0.619. The summed E-state index contributed by atoms with van der Waals surface area (Å²) < 4.78 is 0. The molecule has 3 aliphatic rings. The van der Waals surface area contributed by atoms with Crippen molar-refractivity contribution in [2.75, 3.05) is 56.5 Å². The summed E-state index contributed by atoms with van der Waals surface area (Å²) in [6.45, 7) is 5.78. The predicted molar refractivity (Wildman–Crippen MR) is 107 cm³/mol. The lowest BCUT2D eigenvalue weighted by Crippen LogP contribution is -2.45. The van der Waals surface area contributed by atoms with Gasteiger partial charge in [0.15, 0.2) is 0 Å². The van der Waals surface area contributed by atoms with Crippen LogP contribution in [0.15, 0.2) is 24.3 Å². The van der Waals surface area contributed by atoms with E-state index in [0.29, 0.717) is 12.8 Å². The van der Waals surface area contributed by atoms with Gasteiger partial charge in [-0.15, -0.1) is 0 Å². The van der Waals surface area contributed by atoms with E-state index in [9.17, 15) is 9.59 Å². The number of anilines is 2. The van der Waals surface area contributed by atoms with E-state index in [1.165, 1.54) is 12.1 Å². The summed E-state index contributed by atoms with van der Waals surface area (Å²) in [6, 6.07) is 8.03. The van der Waals surface area contributed by atoms with Crippen molar-refractivity contribution in [3.05, 3.63) is 24.3 Å². The minimum atomic E-state index is -0.812. The van der Waals surface area contributed by atoms with Gasteiger partial charge in [-0.3, -0.25) is 9.59 Å². The number of hydrogen-bond acceptors (Lipinski definition) is 4. The number of piperazine rings is 1. The predicted octanol–water partition coefficient (Wildman–Crippen LogP) is 2.17. The Labute approximate surface area is 161 Å². The Morgan fingerprint density at radius 3 is 2.11 bits per heavy atom. The molecule has 6 nitrogen and oxygen atoms in total. The van der Waals surface area contributed by atoms with Crippen molar-refractivity contribution < 1.29 is 9.59 Å². The lowest BCUT2D eigenvalue weighted by molar-refractivity contribution is -0.143. The third kappa shape index (κ3) is 3.81. The average molecular weight is 370 g/mol. The average Bonchev–Trinajstić information content (AvgIpc) is 3.51. The Hall–Kier alpha value is -2.08. The van der Waals surface area contributed by atoms with Crippen LogP contribution < -0.4 is 10.2 Å². The largest absolute Gasteiger partial charge is 0.369 e. The van der Waals surface area contributed by atoms with Gasteiger partial charge in [0.25, 0.3) is 0 Å². The molecule has 2 aliphatic heterocycles. The first-order chi connectivity index (χ1) is 13.1. The molecule has 6 heteroatoms. The van der Waals surface area contributed by atoms with E-state index in [1.54, 1.807) is 0 Å². The first kappa shape index (κ1) is 18.3. The Balaban J connectivity index is 1.37. The van der Waals surface area contributed by atoms with Crippen molar-refractivity contribution in [2.24, 2.45) is 5.41 Å². The molecule has 27 heavy (non-hydrogen) atoms. The SMILES string of the molecule is CN1CCN(c2ccc(NC(=O)C3(C(=O)N4CCCCC4)CC3)cc2)CC1. The van der Waals surface area contributed by atoms with Gasteiger partial charge in [0.05, 0.1) is 0 Å². The maximum absolute atomic E-state index is 12.9. The van der Waals surface area contributed by atoms with Crippen molar-refractivity contribution in [2.45, 2.75) is 32.1 Å². The van der Waals surface area contributed by atoms with Crippen molar-refractivity contribution in [3.63, 3.8) is 0 Å². The molecule has 4 rings (SSSR count). The highest BCUT2D eigenvalue weighted by atomic mass is 16.2. The summed E-state index contributed by atoms with van der Waals surface area (Å²) in [4.78, 5) is 32.3. The van der Waals surface area contributed by atoms with Gasteiger partial charge in [-0.25, -0.2) is 0 Å². The van der Waals surface area contributed by atoms with E-state index >= 15 is 0 Å². The second-order valence-corrected chi connectivity index (χ2v) is 8.23. The number of nitrogens with zero attached hydrogens (tertiary/aromatic N) is 3. The normalized spacial score (nSPS) is 22.4. The number of piperidine rings is 1. The zero-order chi connectivity index (χ0) is 18.9. The van der Waals surface area contributed by atoms with Gasteiger partial charge in [0.2, 0.25) is 11.8 Å². The highest BCUT2D eigenvalue weighted by Crippen LogP contribution is 2.48. The van der Waals surface area contributed by atoms with Crippen LogP contribution in [0.25, 0.3) is 0 Å². The molecule has 2 heterocycles. The molecule has 1 saturated carbocycles. The van der Waals surface area contributed by atoms with Crippen molar-refractivity contribution in [3.8, 4) is 0 Å². The van der Waals surface area contributed by atoms with Gasteiger partial charge >= 0.3 is 0 Å². The molecule has 3 fully saturated rings. The lowest BCUT2D eigenvalue weighted by atomic mass is 10.0. The van der Waals surface area contributed by atoms with Crippen LogP contribution in [0.5, 0.6) is 0 Å². The Morgan fingerprint density at radius 1 is 0.889 bits per heavy atom. The minimum Gasteiger partial charge on any atom is -0.369 e. The number of carbonyl (C=O) groups is 2. The number of nitrogens with one attached hydrogen (secondary N) is 1. The van der Waals surface area contributed by atoms with Crippen LogP contribution in [0.1, 0.15) is 32.1 Å². The molecule has 1 aromatic carbocycles. The highest BCUT2D eigenvalue weighted by molar-refractivity contribution is 6.13. The minimum absolute atomic E-state index is 0.0359. The second-order valence-electron chi connectivity index (χ2n) is 8.23. The fourth-order valence-electron chi connectivity index (χ4n) is 4.13. The van der Waals surface area contributed by atoms with Crippen LogP contribution in [0.3, 0.4) is 0 Å². The Kier molecular flexibility index (Phi) is 5.08. The number of amides is 2. The van der Waals surface area contributed by atoms with Gasteiger partial charge in [-0.05, 0) is 63.4 Å². The number of likely N-dealkylation sites (tertiary alicyclic amines) is 1. The number of carbonyl (C=O) groups excluding carboxylic acids is 2. The standard InChI is InChI=1S/C21H30N4O2/c1-23-13-15-24(16-14-23)18-7-5-17(6-8-18)22-19(26)21(9-10-21)20(27)25-11-3-2-4-12-25/h5-8H,2-4,9-16H2,1H3,(H,22,26). The molecule has 0 bridgehead atoms. The van der Waals surface area contributed by atoms with Crippen LogP contribution in [0, 0.1) is 5.41 Å². The van der Waals surface area contributed by atoms with Crippen molar-refractivity contribution >= 4 is 23.2 Å². The number of hydrogen-bond donors (Lipinski definition) is 1. The monoisotopic (exact) mass is 370 g/mol. The van der Waals surface area contributed by atoms with Crippen molar-refractivity contribution in [1.29, 1.82) is 0 Å². The third-order valence-corrected chi connectivity index (χ3v) is 6.23. The van der Waals surface area contributed by atoms with Crippen LogP contribution in [0.2, 0.25) is 0 Å². The number of rotatable bonds is 4. The van der Waals surface area contributed by atoms with Crippen LogP contribution in [0.4, 0.5) is 11.4 Å². The first-order valence-electron chi connectivity index (χ1n) is 10.2. The van der Waals surface area contributed by atoms with E-state index in [4.69, 9.17) is 0 Å². The van der Waals surface area contributed by atoms with Gasteiger partial charge in [-0.1, -0.05) is 0 Å². The molecule has 1 N–H and O–H groups in total. The number of benzene rings is 1. The van der Waals surface area contributed by atoms with E-state index in [2.05, 4.69) is 34.3 Å². The van der Waals surface area contributed by atoms with E-state index in [1.807, 2.05) is 17.0 Å². The molecule has 0 unspecified atom stereocenters. The maximum Gasteiger partial charge on any atom is 0.240 e. The summed E-state index contributed by atoms with van der Waals surface area (Å²) >= 11 is 0. The zero-order valence-corrected chi connectivity index (χ0v) is 16.2. The Morgan fingerprint density at radius 2 is 1.52 bits per heavy atom. The molecule has 1 aromatic rings. The summed E-state index contributed by atoms with van der Waals surface area (Å²) in [5.74, 6) is -0.0980. The molecule has 0 spiro atoms. The van der Waals surface area contributed by atoms with Crippen molar-refractivity contribution in [1.82, 2.24) is 9.80 Å². The van der Waals surface area contributed by atoms with Crippen LogP contribution in [-0.2, 0) is 9.59 Å². The summed E-state index contributed by atoms with van der Waals surface area (Å²) in [5, 5.41) is 2.99. The molecule has 2 saturated heterocycles. The van der Waals surface area contributed by atoms with Gasteiger partial charge < -0.3 is 20.0 Å². The molecular weight excluding hydrogens is 340 g/mol. The highest BCUT2D eigenvalue weighted by Gasteiger charge is 2.58. The molecule has 146 valence electrons. The summed E-state index contributed by atoms with van der Waals surface area (Å²) in [6.07, 6.45) is 4.64. The number of likely N-dealkylation sites (N-methyl/N-ethyl adjacent to an activating group) is 1. The van der Waals surface area contributed by atoms with E-state index in [-0.39, 0.29) is 11.8 Å². The first-order valence-corrected chi connectivity index (χ1v) is 10.2. The molecule has 2 amide bonds. The summed E-state index contributed by atoms with van der Waals surface area (Å²) in [7, 11) is 2.15. The topological polar surface area (TPSA) is 55.9 Å². The molecule has 1 aliphatic carbocycles. The van der Waals surface area contributed by atoms with Crippen LogP contribution >= 0.6 is 0 Å². The van der Waals surface area contributed by atoms with E-state index in [0.717, 1.165) is 57.8 Å².